The van der Waals surface area contributed by atoms with Crippen molar-refractivity contribution in [2.75, 3.05) is 31.1 Å². The lowest BCUT2D eigenvalue weighted by atomic mass is 10.2. The van der Waals surface area contributed by atoms with Crippen LogP contribution in [0.2, 0.25) is 0 Å². The largest absolute Gasteiger partial charge is 0.454 e. The predicted octanol–water partition coefficient (Wildman–Crippen LogP) is 2.42. The van der Waals surface area contributed by atoms with E-state index in [1.165, 1.54) is 12.3 Å². The molecule has 2 saturated heterocycles. The monoisotopic (exact) mass is 409 g/mol. The first-order valence-corrected chi connectivity index (χ1v) is 10.1. The lowest BCUT2D eigenvalue weighted by Crippen LogP contribution is -2.27. The smallest absolute Gasteiger partial charge is 0.338 e. The van der Waals surface area contributed by atoms with Crippen LogP contribution >= 0.6 is 0 Å². The number of Topliss-reactive ketones (excluding diaryl/α,β-unsaturated/α-hetero) is 1. The molecule has 0 bridgehead atoms. The molecule has 2 fully saturated rings. The molecule has 30 heavy (non-hydrogen) atoms. The molecule has 156 valence electrons. The van der Waals surface area contributed by atoms with Crippen molar-refractivity contribution in [1.29, 1.82) is 0 Å². The third kappa shape index (κ3) is 4.12. The summed E-state index contributed by atoms with van der Waals surface area (Å²) in [7, 11) is 0. The van der Waals surface area contributed by atoms with Crippen LogP contribution in [0.3, 0.4) is 0 Å². The van der Waals surface area contributed by atoms with Crippen LogP contribution in [0.4, 0.5) is 5.69 Å². The minimum Gasteiger partial charge on any atom is -0.454 e. The second kappa shape index (κ2) is 8.52. The summed E-state index contributed by atoms with van der Waals surface area (Å²) in [6.45, 7) is 1.71. The van der Waals surface area contributed by atoms with E-state index in [0.29, 0.717) is 29.8 Å². The van der Waals surface area contributed by atoms with Gasteiger partial charge in [-0.3, -0.25) is 14.4 Å². The van der Waals surface area contributed by atoms with E-state index in [4.69, 9.17) is 4.74 Å². The number of aromatic nitrogens is 1. The van der Waals surface area contributed by atoms with E-state index < -0.39 is 12.6 Å². The molecule has 8 nitrogen and oxygen atoms in total. The van der Waals surface area contributed by atoms with Crippen molar-refractivity contribution in [2.24, 2.45) is 0 Å². The topological polar surface area (TPSA) is 99.8 Å². The Morgan fingerprint density at radius 3 is 2.37 bits per heavy atom. The fourth-order valence-electron chi connectivity index (χ4n) is 3.77. The molecule has 0 radical (unpaired) electrons. The van der Waals surface area contributed by atoms with Gasteiger partial charge in [0.25, 0.3) is 5.91 Å². The van der Waals surface area contributed by atoms with Crippen molar-refractivity contribution in [3.05, 3.63) is 53.3 Å². The summed E-state index contributed by atoms with van der Waals surface area (Å²) in [5.74, 6) is -1.06. The van der Waals surface area contributed by atoms with Gasteiger partial charge in [-0.1, -0.05) is 0 Å². The van der Waals surface area contributed by atoms with E-state index in [1.54, 1.807) is 34.1 Å². The normalized spacial score (nSPS) is 16.2. The Labute approximate surface area is 173 Å². The van der Waals surface area contributed by atoms with Crippen LogP contribution in [-0.2, 0) is 9.53 Å². The number of benzene rings is 1. The molecule has 0 atom stereocenters. The van der Waals surface area contributed by atoms with Gasteiger partial charge in [0, 0.05) is 43.5 Å². The van der Waals surface area contributed by atoms with E-state index in [1.807, 2.05) is 0 Å². The van der Waals surface area contributed by atoms with Gasteiger partial charge in [0.2, 0.25) is 11.7 Å². The van der Waals surface area contributed by atoms with Crippen molar-refractivity contribution < 1.29 is 23.9 Å². The third-order valence-corrected chi connectivity index (χ3v) is 5.45. The average Bonchev–Trinajstić information content (AvgIpc) is 3.53. The van der Waals surface area contributed by atoms with E-state index in [2.05, 4.69) is 4.98 Å². The average molecular weight is 409 g/mol. The van der Waals surface area contributed by atoms with Crippen molar-refractivity contribution in [3.8, 4) is 0 Å². The van der Waals surface area contributed by atoms with Gasteiger partial charge in [0.1, 0.15) is 5.69 Å². The number of carbonyl (C=O) groups excluding carboxylic acids is 4. The Kier molecular flexibility index (Phi) is 5.65. The van der Waals surface area contributed by atoms with Crippen LogP contribution in [0, 0.1) is 0 Å². The van der Waals surface area contributed by atoms with E-state index in [0.717, 1.165) is 38.0 Å². The fourth-order valence-corrected chi connectivity index (χ4v) is 3.77. The second-order valence-electron chi connectivity index (χ2n) is 7.50. The second-order valence-corrected chi connectivity index (χ2v) is 7.50. The van der Waals surface area contributed by atoms with Gasteiger partial charge in [-0.15, -0.1) is 0 Å². The number of esters is 1. The first-order chi connectivity index (χ1) is 14.5. The van der Waals surface area contributed by atoms with Crippen molar-refractivity contribution in [3.63, 3.8) is 0 Å². The number of hydrogen-bond acceptors (Lipinski definition) is 5. The summed E-state index contributed by atoms with van der Waals surface area (Å²) in [6.07, 6.45) is 4.81. The molecular weight excluding hydrogens is 386 g/mol. The number of likely N-dealkylation sites (tertiary alicyclic amines) is 1. The molecule has 1 aromatic heterocycles. The maximum absolute atomic E-state index is 12.4. The highest BCUT2D eigenvalue weighted by Crippen LogP contribution is 2.22. The van der Waals surface area contributed by atoms with E-state index in [9.17, 15) is 19.2 Å². The molecule has 3 heterocycles. The number of carbonyl (C=O) groups is 4. The SMILES string of the molecule is O=C(COC(=O)c1ccc(N2CCCC2=O)cc1)c1c[nH]c(C(=O)N2CCCC2)c1. The highest BCUT2D eigenvalue weighted by Gasteiger charge is 2.23. The van der Waals surface area contributed by atoms with Crippen LogP contribution < -0.4 is 4.90 Å². The number of H-pyrrole nitrogens is 1. The zero-order valence-electron chi connectivity index (χ0n) is 16.6. The summed E-state index contributed by atoms with van der Waals surface area (Å²) >= 11 is 0. The fraction of sp³-hybridized carbons (Fsp3) is 0.364. The zero-order valence-corrected chi connectivity index (χ0v) is 16.6. The maximum Gasteiger partial charge on any atom is 0.338 e. The van der Waals surface area contributed by atoms with Gasteiger partial charge in [0.15, 0.2) is 6.61 Å². The zero-order chi connectivity index (χ0) is 21.1. The van der Waals surface area contributed by atoms with Crippen molar-refractivity contribution in [2.45, 2.75) is 25.7 Å². The maximum atomic E-state index is 12.4. The number of ether oxygens (including phenoxy) is 1. The van der Waals surface area contributed by atoms with Crippen LogP contribution in [0.15, 0.2) is 36.5 Å². The third-order valence-electron chi connectivity index (χ3n) is 5.45. The number of nitrogens with zero attached hydrogens (tertiary/aromatic N) is 2. The van der Waals surface area contributed by atoms with Crippen molar-refractivity contribution in [1.82, 2.24) is 9.88 Å². The molecular formula is C22H23N3O5. The summed E-state index contributed by atoms with van der Waals surface area (Å²) in [5.41, 5.74) is 1.71. The molecule has 0 unspecified atom stereocenters. The Bertz CT molecular complexity index is 973. The molecule has 2 aliphatic heterocycles. The van der Waals surface area contributed by atoms with E-state index in [-0.39, 0.29) is 17.6 Å². The van der Waals surface area contributed by atoms with Crippen LogP contribution in [0.25, 0.3) is 0 Å². The van der Waals surface area contributed by atoms with Crippen LogP contribution in [0.5, 0.6) is 0 Å². The van der Waals surface area contributed by atoms with Crippen LogP contribution in [0.1, 0.15) is 56.9 Å². The summed E-state index contributed by atoms with van der Waals surface area (Å²) in [4.78, 5) is 55.0. The minimum atomic E-state index is -0.619. The van der Waals surface area contributed by atoms with Crippen LogP contribution in [-0.4, -0.2) is 59.7 Å². The standard InChI is InChI=1S/C22H23N3O5/c26-19(16-12-18(23-13-16)21(28)24-9-1-2-10-24)14-30-22(29)15-5-7-17(8-6-15)25-11-3-4-20(25)27/h5-8,12-13,23H,1-4,9-11,14H2. The Balaban J connectivity index is 1.32. The first kappa shape index (κ1) is 19.9. The summed E-state index contributed by atoms with van der Waals surface area (Å²) in [5, 5.41) is 0. The molecule has 0 spiro atoms. The number of ketones is 1. The number of amides is 2. The van der Waals surface area contributed by atoms with Gasteiger partial charge in [-0.05, 0) is 49.6 Å². The Hall–Kier alpha value is -3.42. The van der Waals surface area contributed by atoms with Crippen molar-refractivity contribution >= 4 is 29.3 Å². The molecule has 2 aliphatic rings. The molecule has 1 aromatic carbocycles. The number of rotatable bonds is 6. The van der Waals surface area contributed by atoms with Gasteiger partial charge >= 0.3 is 5.97 Å². The first-order valence-electron chi connectivity index (χ1n) is 10.1. The summed E-state index contributed by atoms with van der Waals surface area (Å²) in [6, 6.07) is 8.06. The quantitative estimate of drug-likeness (QED) is 0.583. The molecule has 8 heteroatoms. The van der Waals surface area contributed by atoms with Gasteiger partial charge in [0.05, 0.1) is 5.56 Å². The number of hydrogen-bond donors (Lipinski definition) is 1. The van der Waals surface area contributed by atoms with Gasteiger partial charge in [-0.25, -0.2) is 4.79 Å². The highest BCUT2D eigenvalue weighted by atomic mass is 16.5. The Morgan fingerprint density at radius 1 is 0.967 bits per heavy atom. The molecule has 1 N–H and O–H groups in total. The molecule has 4 rings (SSSR count). The number of anilines is 1. The lowest BCUT2D eigenvalue weighted by molar-refractivity contribution is -0.117. The number of nitrogens with one attached hydrogen (secondary N) is 1. The molecule has 0 saturated carbocycles. The predicted molar refractivity (Wildman–Crippen MR) is 109 cm³/mol. The Morgan fingerprint density at radius 2 is 1.70 bits per heavy atom. The molecule has 2 aromatic rings. The molecule has 2 amide bonds. The van der Waals surface area contributed by atoms with Gasteiger partial charge in [-0.2, -0.15) is 0 Å². The van der Waals surface area contributed by atoms with Gasteiger partial charge < -0.3 is 19.5 Å². The number of aromatic amines is 1. The lowest BCUT2D eigenvalue weighted by Gasteiger charge is -2.15. The molecule has 0 aliphatic carbocycles. The minimum absolute atomic E-state index is 0.0741. The summed E-state index contributed by atoms with van der Waals surface area (Å²) < 4.78 is 5.12. The highest BCUT2D eigenvalue weighted by molar-refractivity contribution is 6.02. The van der Waals surface area contributed by atoms with E-state index >= 15 is 0 Å².